The van der Waals surface area contributed by atoms with Gasteiger partial charge in [0.1, 0.15) is 0 Å². The first kappa shape index (κ1) is 36.8. The molecule has 0 amide bonds. The second-order valence-electron chi connectivity index (χ2n) is 16.1. The highest BCUT2D eigenvalue weighted by molar-refractivity contribution is 7.26. The Bertz CT molecular complexity index is 3470. The zero-order valence-electron chi connectivity index (χ0n) is 34.4. The SMILES string of the molecule is c1ccc(-c2ccc(N(c3ccc(-c4ccccc4)cc3)c3ccc(-c4cc5c6ccccc6n(-c6ccc(-c7ccccc7)cc6)c5c5sc6ccccc6c45)cc3)cc2)cc1. The molecule has 3 heteroatoms. The average Bonchev–Trinajstić information content (AvgIpc) is 3.92. The predicted molar refractivity (Wildman–Crippen MR) is 270 cm³/mol. The van der Waals surface area contributed by atoms with E-state index in [0.717, 1.165) is 22.7 Å². The zero-order chi connectivity index (χ0) is 41.7. The van der Waals surface area contributed by atoms with E-state index in [4.69, 9.17) is 0 Å². The van der Waals surface area contributed by atoms with E-state index in [1.54, 1.807) is 0 Å². The minimum Gasteiger partial charge on any atom is -0.311 e. The Morgan fingerprint density at radius 3 is 1.27 bits per heavy atom. The Hall–Kier alpha value is -7.98. The van der Waals surface area contributed by atoms with Crippen molar-refractivity contribution in [2.75, 3.05) is 4.90 Å². The van der Waals surface area contributed by atoms with Gasteiger partial charge in [0.05, 0.1) is 15.7 Å². The summed E-state index contributed by atoms with van der Waals surface area (Å²) in [6, 6.07) is 88.1. The van der Waals surface area contributed by atoms with Gasteiger partial charge in [0, 0.05) is 49.0 Å². The predicted octanol–water partition coefficient (Wildman–Crippen LogP) is 17.3. The van der Waals surface area contributed by atoms with E-state index in [-0.39, 0.29) is 0 Å². The molecule has 0 aliphatic carbocycles. The van der Waals surface area contributed by atoms with Crippen LogP contribution >= 0.6 is 11.3 Å². The van der Waals surface area contributed by atoms with Crippen LogP contribution in [0, 0.1) is 0 Å². The quantitative estimate of drug-likeness (QED) is 0.148. The van der Waals surface area contributed by atoms with E-state index >= 15 is 0 Å². The van der Waals surface area contributed by atoms with Crippen LogP contribution in [0.1, 0.15) is 0 Å². The topological polar surface area (TPSA) is 8.17 Å². The van der Waals surface area contributed by atoms with Crippen molar-refractivity contribution in [2.45, 2.75) is 0 Å². The third-order valence-corrected chi connectivity index (χ3v) is 13.6. The Balaban J connectivity index is 1.01. The lowest BCUT2D eigenvalue weighted by atomic mass is 9.96. The number of hydrogen-bond donors (Lipinski definition) is 0. The molecule has 10 aromatic carbocycles. The summed E-state index contributed by atoms with van der Waals surface area (Å²) in [4.78, 5) is 2.36. The minimum absolute atomic E-state index is 1.10. The fraction of sp³-hybridized carbons (Fsp3) is 0. The number of rotatable bonds is 8. The van der Waals surface area contributed by atoms with Crippen LogP contribution in [0.4, 0.5) is 17.1 Å². The number of para-hydroxylation sites is 1. The molecule has 0 bridgehead atoms. The number of nitrogens with zero attached hydrogens (tertiary/aromatic N) is 2. The van der Waals surface area contributed by atoms with E-state index in [1.807, 2.05) is 11.3 Å². The maximum atomic E-state index is 2.48. The molecule has 0 saturated heterocycles. The van der Waals surface area contributed by atoms with E-state index in [9.17, 15) is 0 Å². The van der Waals surface area contributed by atoms with Crippen molar-refractivity contribution in [1.82, 2.24) is 4.57 Å². The maximum Gasteiger partial charge on any atom is 0.0720 e. The highest BCUT2D eigenvalue weighted by atomic mass is 32.1. The molecule has 0 atom stereocenters. The van der Waals surface area contributed by atoms with E-state index in [2.05, 4.69) is 252 Å². The van der Waals surface area contributed by atoms with Crippen LogP contribution in [0.5, 0.6) is 0 Å². The minimum atomic E-state index is 1.10. The first-order chi connectivity index (χ1) is 31.2. The van der Waals surface area contributed by atoms with E-state index < -0.39 is 0 Å². The molecule has 2 aromatic heterocycles. The number of thiophene rings is 1. The summed E-state index contributed by atoms with van der Waals surface area (Å²) in [6.07, 6.45) is 0. The zero-order valence-corrected chi connectivity index (χ0v) is 35.2. The fourth-order valence-corrected chi connectivity index (χ4v) is 10.6. The van der Waals surface area contributed by atoms with Gasteiger partial charge in [-0.1, -0.05) is 176 Å². The van der Waals surface area contributed by atoms with E-state index in [1.165, 1.54) is 86.5 Å². The van der Waals surface area contributed by atoms with Crippen molar-refractivity contribution in [3.8, 4) is 50.2 Å². The smallest absolute Gasteiger partial charge is 0.0720 e. The second kappa shape index (κ2) is 15.5. The van der Waals surface area contributed by atoms with Crippen molar-refractivity contribution in [2.24, 2.45) is 0 Å². The monoisotopic (exact) mass is 820 g/mol. The molecule has 0 unspecified atom stereocenters. The lowest BCUT2D eigenvalue weighted by Gasteiger charge is -2.26. The fourth-order valence-electron chi connectivity index (χ4n) is 9.36. The van der Waals surface area contributed by atoms with Crippen LogP contribution in [-0.4, -0.2) is 4.57 Å². The van der Waals surface area contributed by atoms with Crippen molar-refractivity contribution < 1.29 is 0 Å². The Morgan fingerprint density at radius 1 is 0.333 bits per heavy atom. The highest BCUT2D eigenvalue weighted by Gasteiger charge is 2.22. The number of fused-ring (bicyclic) bond motifs is 7. The van der Waals surface area contributed by atoms with Crippen molar-refractivity contribution in [3.63, 3.8) is 0 Å². The normalized spacial score (nSPS) is 11.5. The van der Waals surface area contributed by atoms with Gasteiger partial charge in [-0.05, 0) is 111 Å². The molecule has 0 fully saturated rings. The van der Waals surface area contributed by atoms with Gasteiger partial charge in [-0.2, -0.15) is 0 Å². The first-order valence-electron chi connectivity index (χ1n) is 21.5. The summed E-state index contributed by atoms with van der Waals surface area (Å²) in [5.41, 5.74) is 16.6. The summed E-state index contributed by atoms with van der Waals surface area (Å²) in [7, 11) is 0. The summed E-state index contributed by atoms with van der Waals surface area (Å²) in [6.45, 7) is 0. The van der Waals surface area contributed by atoms with Crippen LogP contribution in [-0.2, 0) is 0 Å². The highest BCUT2D eigenvalue weighted by Crippen LogP contribution is 2.48. The first-order valence-corrected chi connectivity index (χ1v) is 22.3. The molecular formula is C60H40N2S. The average molecular weight is 821 g/mol. The van der Waals surface area contributed by atoms with Crippen LogP contribution in [0.2, 0.25) is 0 Å². The third-order valence-electron chi connectivity index (χ3n) is 12.4. The van der Waals surface area contributed by atoms with Crippen LogP contribution in [0.25, 0.3) is 92.2 Å². The molecule has 0 aliphatic heterocycles. The summed E-state index contributed by atoms with van der Waals surface area (Å²) in [5, 5.41) is 5.09. The van der Waals surface area contributed by atoms with Gasteiger partial charge >= 0.3 is 0 Å². The molecule has 2 heterocycles. The van der Waals surface area contributed by atoms with Crippen molar-refractivity contribution in [3.05, 3.63) is 243 Å². The van der Waals surface area contributed by atoms with Gasteiger partial charge < -0.3 is 9.47 Å². The number of anilines is 3. The van der Waals surface area contributed by atoms with Gasteiger partial charge in [-0.3, -0.25) is 0 Å². The molecule has 0 aliphatic rings. The van der Waals surface area contributed by atoms with Gasteiger partial charge in [-0.25, -0.2) is 0 Å². The van der Waals surface area contributed by atoms with Gasteiger partial charge in [0.2, 0.25) is 0 Å². The Labute approximate surface area is 370 Å². The molecule has 0 spiro atoms. The largest absolute Gasteiger partial charge is 0.311 e. The van der Waals surface area contributed by atoms with Crippen LogP contribution in [0.3, 0.4) is 0 Å². The number of benzene rings is 10. The van der Waals surface area contributed by atoms with Crippen LogP contribution in [0.15, 0.2) is 243 Å². The summed E-state index contributed by atoms with van der Waals surface area (Å²) < 4.78 is 5.07. The lowest BCUT2D eigenvalue weighted by molar-refractivity contribution is 1.19. The standard InChI is InChI=1S/C60H40N2S/c1-4-14-41(15-5-1)44-24-32-48(33-25-44)61(49-34-26-45(27-35-49)42-16-6-2-7-17-42)50-38-30-47(31-39-50)54-40-55-52-20-10-12-22-56(52)62(51-36-28-46(29-37-51)43-18-8-3-9-19-43)59(55)60-58(54)53-21-11-13-23-57(53)63-60/h1-40H. The molecule has 12 aromatic rings. The Kier molecular flexibility index (Phi) is 9.06. The van der Waals surface area contributed by atoms with Gasteiger partial charge in [0.25, 0.3) is 0 Å². The number of hydrogen-bond acceptors (Lipinski definition) is 2. The molecule has 296 valence electrons. The summed E-state index contributed by atoms with van der Waals surface area (Å²) >= 11 is 1.90. The molecule has 0 N–H and O–H groups in total. The van der Waals surface area contributed by atoms with E-state index in [0.29, 0.717) is 0 Å². The Morgan fingerprint density at radius 2 is 0.746 bits per heavy atom. The summed E-state index contributed by atoms with van der Waals surface area (Å²) in [5.74, 6) is 0. The van der Waals surface area contributed by atoms with Gasteiger partial charge in [-0.15, -0.1) is 11.3 Å². The molecule has 2 nitrogen and oxygen atoms in total. The third kappa shape index (κ3) is 6.50. The lowest BCUT2D eigenvalue weighted by Crippen LogP contribution is -2.09. The van der Waals surface area contributed by atoms with Crippen LogP contribution < -0.4 is 4.90 Å². The number of aromatic nitrogens is 1. The second-order valence-corrected chi connectivity index (χ2v) is 17.1. The maximum absolute atomic E-state index is 2.48. The molecule has 0 radical (unpaired) electrons. The molecule has 12 rings (SSSR count). The molecular weight excluding hydrogens is 781 g/mol. The van der Waals surface area contributed by atoms with Crippen molar-refractivity contribution in [1.29, 1.82) is 0 Å². The molecule has 0 saturated carbocycles. The van der Waals surface area contributed by atoms with Gasteiger partial charge in [0.15, 0.2) is 0 Å². The molecule has 63 heavy (non-hydrogen) atoms. The van der Waals surface area contributed by atoms with Crippen molar-refractivity contribution >= 4 is 70.4 Å².